The fourth-order valence-electron chi connectivity index (χ4n) is 2.28. The second-order valence-electron chi connectivity index (χ2n) is 5.07. The zero-order chi connectivity index (χ0) is 11.8. The molecule has 94 valence electrons. The third-order valence-electron chi connectivity index (χ3n) is 3.19. The standard InChI is InChI=1S/C13H26N2O/c1-3-4-5-6-7-13(16)15-12-8-11(2)9-14-10-12/h11-12,14H,3-10H2,1-2H3,(H,15,16). The molecular weight excluding hydrogens is 200 g/mol. The summed E-state index contributed by atoms with van der Waals surface area (Å²) in [4.78, 5) is 11.6. The molecule has 1 fully saturated rings. The van der Waals surface area contributed by atoms with E-state index in [4.69, 9.17) is 0 Å². The predicted molar refractivity (Wildman–Crippen MR) is 67.3 cm³/mol. The van der Waals surface area contributed by atoms with E-state index in [-0.39, 0.29) is 5.91 Å². The van der Waals surface area contributed by atoms with Gasteiger partial charge in [0.05, 0.1) is 0 Å². The quantitative estimate of drug-likeness (QED) is 0.681. The lowest BCUT2D eigenvalue weighted by atomic mass is 9.97. The lowest BCUT2D eigenvalue weighted by molar-refractivity contribution is -0.122. The first-order valence-electron chi connectivity index (χ1n) is 6.72. The van der Waals surface area contributed by atoms with Crippen LogP contribution in [0.1, 0.15) is 52.4 Å². The molecule has 2 N–H and O–H groups in total. The summed E-state index contributed by atoms with van der Waals surface area (Å²) in [7, 11) is 0. The van der Waals surface area contributed by atoms with Crippen LogP contribution >= 0.6 is 0 Å². The number of hydrogen-bond donors (Lipinski definition) is 2. The number of rotatable bonds is 6. The number of piperidine rings is 1. The van der Waals surface area contributed by atoms with E-state index in [1.165, 1.54) is 19.3 Å². The first kappa shape index (κ1) is 13.5. The second-order valence-corrected chi connectivity index (χ2v) is 5.07. The number of unbranched alkanes of at least 4 members (excludes halogenated alkanes) is 3. The summed E-state index contributed by atoms with van der Waals surface area (Å²) in [6, 6.07) is 0.349. The lowest BCUT2D eigenvalue weighted by Crippen LogP contribution is -2.48. The largest absolute Gasteiger partial charge is 0.352 e. The van der Waals surface area contributed by atoms with Gasteiger partial charge in [0.25, 0.3) is 0 Å². The van der Waals surface area contributed by atoms with Crippen molar-refractivity contribution in [1.29, 1.82) is 0 Å². The van der Waals surface area contributed by atoms with Gasteiger partial charge in [0.2, 0.25) is 5.91 Å². The van der Waals surface area contributed by atoms with E-state index in [2.05, 4.69) is 24.5 Å². The van der Waals surface area contributed by atoms with Gasteiger partial charge in [0, 0.05) is 19.0 Å². The van der Waals surface area contributed by atoms with Crippen molar-refractivity contribution < 1.29 is 4.79 Å². The highest BCUT2D eigenvalue weighted by atomic mass is 16.1. The summed E-state index contributed by atoms with van der Waals surface area (Å²) in [6.45, 7) is 6.44. The molecule has 1 heterocycles. The van der Waals surface area contributed by atoms with Crippen LogP contribution in [0.4, 0.5) is 0 Å². The van der Waals surface area contributed by atoms with Crippen molar-refractivity contribution in [3.8, 4) is 0 Å². The number of hydrogen-bond acceptors (Lipinski definition) is 2. The topological polar surface area (TPSA) is 41.1 Å². The molecule has 0 aromatic carbocycles. The molecule has 0 bridgehead atoms. The summed E-state index contributed by atoms with van der Waals surface area (Å²) in [5.41, 5.74) is 0. The Hall–Kier alpha value is -0.570. The maximum absolute atomic E-state index is 11.6. The van der Waals surface area contributed by atoms with Crippen molar-refractivity contribution >= 4 is 5.91 Å². The Kier molecular flexibility index (Phi) is 6.46. The molecule has 1 rings (SSSR count). The molecule has 0 aliphatic carbocycles. The van der Waals surface area contributed by atoms with Crippen molar-refractivity contribution in [3.63, 3.8) is 0 Å². The second kappa shape index (κ2) is 7.66. The van der Waals surface area contributed by atoms with E-state index < -0.39 is 0 Å². The number of carbonyl (C=O) groups excluding carboxylic acids is 1. The fraction of sp³-hybridized carbons (Fsp3) is 0.923. The van der Waals surface area contributed by atoms with E-state index in [0.717, 1.165) is 25.9 Å². The lowest BCUT2D eigenvalue weighted by Gasteiger charge is -2.28. The molecule has 0 radical (unpaired) electrons. The summed E-state index contributed by atoms with van der Waals surface area (Å²) < 4.78 is 0. The molecule has 1 amide bonds. The van der Waals surface area contributed by atoms with Gasteiger partial charge in [-0.05, 0) is 25.3 Å². The van der Waals surface area contributed by atoms with Gasteiger partial charge in [-0.3, -0.25) is 4.79 Å². The molecule has 0 aromatic rings. The average molecular weight is 226 g/mol. The van der Waals surface area contributed by atoms with Crippen molar-refractivity contribution in [2.45, 2.75) is 58.4 Å². The molecule has 3 heteroatoms. The molecule has 0 saturated carbocycles. The molecule has 16 heavy (non-hydrogen) atoms. The minimum atomic E-state index is 0.233. The minimum Gasteiger partial charge on any atom is -0.352 e. The summed E-state index contributed by atoms with van der Waals surface area (Å²) in [5, 5.41) is 6.48. The molecule has 3 nitrogen and oxygen atoms in total. The summed E-state index contributed by atoms with van der Waals surface area (Å²) >= 11 is 0. The Morgan fingerprint density at radius 1 is 1.31 bits per heavy atom. The van der Waals surface area contributed by atoms with Gasteiger partial charge < -0.3 is 10.6 Å². The molecule has 1 aliphatic heterocycles. The zero-order valence-corrected chi connectivity index (χ0v) is 10.7. The average Bonchev–Trinajstić information content (AvgIpc) is 2.24. The molecule has 2 atom stereocenters. The Labute approximate surface area is 99.4 Å². The van der Waals surface area contributed by atoms with Crippen LogP contribution in [-0.4, -0.2) is 25.0 Å². The smallest absolute Gasteiger partial charge is 0.220 e. The highest BCUT2D eigenvalue weighted by Gasteiger charge is 2.19. The predicted octanol–water partition coefficient (Wildman–Crippen LogP) is 2.07. The maximum atomic E-state index is 11.6. The molecule has 1 saturated heterocycles. The minimum absolute atomic E-state index is 0.233. The van der Waals surface area contributed by atoms with E-state index in [1.807, 2.05) is 0 Å². The fourth-order valence-corrected chi connectivity index (χ4v) is 2.28. The van der Waals surface area contributed by atoms with Gasteiger partial charge in [0.1, 0.15) is 0 Å². The summed E-state index contributed by atoms with van der Waals surface area (Å²) in [5.74, 6) is 0.913. The van der Waals surface area contributed by atoms with Crippen LogP contribution in [0, 0.1) is 5.92 Å². The van der Waals surface area contributed by atoms with Crippen LogP contribution < -0.4 is 10.6 Å². The van der Waals surface area contributed by atoms with Gasteiger partial charge >= 0.3 is 0 Å². The summed E-state index contributed by atoms with van der Waals surface area (Å²) in [6.07, 6.45) is 6.51. The van der Waals surface area contributed by atoms with E-state index in [9.17, 15) is 4.79 Å². The van der Waals surface area contributed by atoms with Gasteiger partial charge in [0.15, 0.2) is 0 Å². The molecule has 2 unspecified atom stereocenters. The maximum Gasteiger partial charge on any atom is 0.220 e. The van der Waals surface area contributed by atoms with Gasteiger partial charge in [-0.2, -0.15) is 0 Å². The molecular formula is C13H26N2O. The molecule has 0 aromatic heterocycles. The van der Waals surface area contributed by atoms with E-state index in [1.54, 1.807) is 0 Å². The highest BCUT2D eigenvalue weighted by Crippen LogP contribution is 2.10. The van der Waals surface area contributed by atoms with Crippen molar-refractivity contribution in [1.82, 2.24) is 10.6 Å². The number of amides is 1. The van der Waals surface area contributed by atoms with Crippen molar-refractivity contribution in [2.75, 3.05) is 13.1 Å². The third kappa shape index (κ3) is 5.50. The van der Waals surface area contributed by atoms with Gasteiger partial charge in [-0.15, -0.1) is 0 Å². The first-order chi connectivity index (χ1) is 7.72. The molecule has 0 spiro atoms. The Bertz CT molecular complexity index is 206. The van der Waals surface area contributed by atoms with Crippen molar-refractivity contribution in [3.05, 3.63) is 0 Å². The first-order valence-corrected chi connectivity index (χ1v) is 6.72. The zero-order valence-electron chi connectivity index (χ0n) is 10.7. The van der Waals surface area contributed by atoms with Crippen LogP contribution in [-0.2, 0) is 4.79 Å². The van der Waals surface area contributed by atoms with E-state index >= 15 is 0 Å². The van der Waals surface area contributed by atoms with Crippen LogP contribution in [0.15, 0.2) is 0 Å². The Balaban J connectivity index is 2.08. The Morgan fingerprint density at radius 3 is 2.81 bits per heavy atom. The Morgan fingerprint density at radius 2 is 2.12 bits per heavy atom. The van der Waals surface area contributed by atoms with Gasteiger partial charge in [-0.25, -0.2) is 0 Å². The van der Waals surface area contributed by atoms with Crippen LogP contribution in [0.5, 0.6) is 0 Å². The van der Waals surface area contributed by atoms with Crippen molar-refractivity contribution in [2.24, 2.45) is 5.92 Å². The monoisotopic (exact) mass is 226 g/mol. The number of nitrogens with one attached hydrogen (secondary N) is 2. The van der Waals surface area contributed by atoms with E-state index in [0.29, 0.717) is 18.4 Å². The SMILES string of the molecule is CCCCCCC(=O)NC1CNCC(C)C1. The normalized spacial score (nSPS) is 25.4. The van der Waals surface area contributed by atoms with Crippen LogP contribution in [0.2, 0.25) is 0 Å². The van der Waals surface area contributed by atoms with Crippen LogP contribution in [0.25, 0.3) is 0 Å². The van der Waals surface area contributed by atoms with Gasteiger partial charge in [-0.1, -0.05) is 33.1 Å². The third-order valence-corrected chi connectivity index (χ3v) is 3.19. The number of carbonyl (C=O) groups is 1. The highest BCUT2D eigenvalue weighted by molar-refractivity contribution is 5.76. The van der Waals surface area contributed by atoms with Crippen LogP contribution in [0.3, 0.4) is 0 Å². The molecule has 1 aliphatic rings.